The highest BCUT2D eigenvalue weighted by atomic mass is 32.1. The van der Waals surface area contributed by atoms with E-state index in [0.29, 0.717) is 27.5 Å². The van der Waals surface area contributed by atoms with Crippen molar-refractivity contribution in [1.29, 1.82) is 0 Å². The lowest BCUT2D eigenvalue weighted by Crippen LogP contribution is -2.12. The minimum absolute atomic E-state index is 0.0140. The molecule has 0 radical (unpaired) electrons. The fourth-order valence-corrected chi connectivity index (χ4v) is 4.42. The predicted octanol–water partition coefficient (Wildman–Crippen LogP) is 3.57. The lowest BCUT2D eigenvalue weighted by molar-refractivity contribution is 0.102. The second-order valence-corrected chi connectivity index (χ2v) is 8.00. The quantitative estimate of drug-likeness (QED) is 0.649. The van der Waals surface area contributed by atoms with Gasteiger partial charge in [-0.3, -0.25) is 10.1 Å². The van der Waals surface area contributed by atoms with Gasteiger partial charge in [-0.1, -0.05) is 11.3 Å². The number of amides is 1. The van der Waals surface area contributed by atoms with Crippen LogP contribution < -0.4 is 20.1 Å². The standard InChI is InChI=1S/C17H15N5O4S2/c23-14(20-17-22-21-15(28-17)12-2-1-5-24-12)10-7-27-16(19-10)18-9-3-4-11-13(6-9)26-8-25-11/h3-4,6-7,12H,1-2,5,8H2,(H,18,19)(H,20,22,23). The van der Waals surface area contributed by atoms with Crippen LogP contribution in [0.25, 0.3) is 0 Å². The summed E-state index contributed by atoms with van der Waals surface area (Å²) in [6, 6.07) is 5.52. The molecule has 2 aliphatic rings. The van der Waals surface area contributed by atoms with Gasteiger partial charge in [0.05, 0.1) is 0 Å². The number of carbonyl (C=O) groups excluding carboxylic acids is 1. The van der Waals surface area contributed by atoms with Crippen molar-refractivity contribution in [3.8, 4) is 11.5 Å². The molecule has 1 aromatic carbocycles. The largest absolute Gasteiger partial charge is 0.454 e. The van der Waals surface area contributed by atoms with E-state index in [1.54, 1.807) is 5.38 Å². The van der Waals surface area contributed by atoms with Crippen molar-refractivity contribution in [3.05, 3.63) is 34.3 Å². The number of hydrogen-bond acceptors (Lipinski definition) is 10. The van der Waals surface area contributed by atoms with Gasteiger partial charge in [0.2, 0.25) is 11.9 Å². The first-order valence-corrected chi connectivity index (χ1v) is 10.3. The highest BCUT2D eigenvalue weighted by Gasteiger charge is 2.23. The average Bonchev–Trinajstić information content (AvgIpc) is 3.47. The molecule has 0 saturated carbocycles. The number of anilines is 3. The van der Waals surface area contributed by atoms with Crippen LogP contribution in [-0.2, 0) is 4.74 Å². The Bertz CT molecular complexity index is 1010. The molecule has 0 spiro atoms. The summed E-state index contributed by atoms with van der Waals surface area (Å²) in [6.07, 6.45) is 1.94. The van der Waals surface area contributed by atoms with Gasteiger partial charge in [0.25, 0.3) is 5.91 Å². The van der Waals surface area contributed by atoms with Crippen LogP contribution in [0.15, 0.2) is 23.6 Å². The number of nitrogens with zero attached hydrogens (tertiary/aromatic N) is 3. The minimum Gasteiger partial charge on any atom is -0.454 e. The molecule has 2 aromatic heterocycles. The van der Waals surface area contributed by atoms with Crippen LogP contribution in [0.2, 0.25) is 0 Å². The van der Waals surface area contributed by atoms with Crippen LogP contribution in [-0.4, -0.2) is 34.5 Å². The average molecular weight is 417 g/mol. The number of benzene rings is 1. The Kier molecular flexibility index (Phi) is 4.55. The van der Waals surface area contributed by atoms with E-state index in [0.717, 1.165) is 30.1 Å². The summed E-state index contributed by atoms with van der Waals surface area (Å²) in [4.78, 5) is 16.8. The summed E-state index contributed by atoms with van der Waals surface area (Å²) in [5.74, 6) is 1.06. The summed E-state index contributed by atoms with van der Waals surface area (Å²) < 4.78 is 16.2. The summed E-state index contributed by atoms with van der Waals surface area (Å²) in [7, 11) is 0. The first-order chi connectivity index (χ1) is 13.7. The number of hydrogen-bond donors (Lipinski definition) is 2. The summed E-state index contributed by atoms with van der Waals surface area (Å²) in [6.45, 7) is 0.963. The van der Waals surface area contributed by atoms with E-state index in [2.05, 4.69) is 25.8 Å². The molecule has 28 heavy (non-hydrogen) atoms. The van der Waals surface area contributed by atoms with Crippen LogP contribution in [0.5, 0.6) is 11.5 Å². The zero-order valence-corrected chi connectivity index (χ0v) is 16.1. The molecule has 1 amide bonds. The van der Waals surface area contributed by atoms with Crippen molar-refractivity contribution < 1.29 is 19.0 Å². The maximum absolute atomic E-state index is 12.4. The van der Waals surface area contributed by atoms with Crippen LogP contribution in [0.3, 0.4) is 0 Å². The van der Waals surface area contributed by atoms with E-state index in [9.17, 15) is 4.79 Å². The van der Waals surface area contributed by atoms with Gasteiger partial charge in [-0.2, -0.15) is 0 Å². The predicted molar refractivity (Wildman–Crippen MR) is 104 cm³/mol. The first-order valence-electron chi connectivity index (χ1n) is 8.63. The molecule has 4 heterocycles. The summed E-state index contributed by atoms with van der Waals surface area (Å²) in [5.41, 5.74) is 1.11. The third-order valence-electron chi connectivity index (χ3n) is 4.23. The molecular weight excluding hydrogens is 402 g/mol. The van der Waals surface area contributed by atoms with Crippen LogP contribution in [0.4, 0.5) is 16.0 Å². The Morgan fingerprint density at radius 1 is 1.18 bits per heavy atom. The number of ether oxygens (including phenoxy) is 3. The SMILES string of the molecule is O=C(Nc1nnc(C2CCCO2)s1)c1csc(Nc2ccc3c(c2)OCO3)n1. The molecule has 0 aliphatic carbocycles. The molecule has 1 atom stereocenters. The number of carbonyl (C=O) groups is 1. The first kappa shape index (κ1) is 17.3. The van der Waals surface area contributed by atoms with E-state index in [4.69, 9.17) is 14.2 Å². The van der Waals surface area contributed by atoms with Crippen LogP contribution >= 0.6 is 22.7 Å². The Hall–Kier alpha value is -2.76. The van der Waals surface area contributed by atoms with Crippen molar-refractivity contribution >= 4 is 44.5 Å². The number of thiazole rings is 1. The maximum Gasteiger partial charge on any atom is 0.277 e. The Morgan fingerprint density at radius 3 is 3.00 bits per heavy atom. The summed E-state index contributed by atoms with van der Waals surface area (Å²) in [5, 5.41) is 17.6. The van der Waals surface area contributed by atoms with Crippen molar-refractivity contribution in [2.75, 3.05) is 24.0 Å². The van der Waals surface area contributed by atoms with Crippen molar-refractivity contribution in [3.63, 3.8) is 0 Å². The van der Waals surface area contributed by atoms with Crippen LogP contribution in [0, 0.1) is 0 Å². The highest BCUT2D eigenvalue weighted by molar-refractivity contribution is 7.15. The van der Waals surface area contributed by atoms with E-state index in [1.165, 1.54) is 22.7 Å². The molecule has 3 aromatic rings. The monoisotopic (exact) mass is 417 g/mol. The normalized spacial score (nSPS) is 17.6. The zero-order chi connectivity index (χ0) is 18.9. The van der Waals surface area contributed by atoms with Gasteiger partial charge in [0.1, 0.15) is 16.8 Å². The smallest absolute Gasteiger partial charge is 0.277 e. The molecule has 0 bridgehead atoms. The number of rotatable bonds is 5. The second kappa shape index (κ2) is 7.34. The van der Waals surface area contributed by atoms with Crippen molar-refractivity contribution in [2.24, 2.45) is 0 Å². The number of fused-ring (bicyclic) bond motifs is 1. The lowest BCUT2D eigenvalue weighted by atomic mass is 10.2. The van der Waals surface area contributed by atoms with Crippen LogP contribution in [0.1, 0.15) is 34.4 Å². The molecule has 5 rings (SSSR count). The van der Waals surface area contributed by atoms with Gasteiger partial charge in [-0.15, -0.1) is 21.5 Å². The molecule has 2 N–H and O–H groups in total. The fraction of sp³-hybridized carbons (Fsp3) is 0.294. The lowest BCUT2D eigenvalue weighted by Gasteiger charge is -2.03. The maximum atomic E-state index is 12.4. The number of aromatic nitrogens is 3. The van der Waals surface area contributed by atoms with E-state index in [-0.39, 0.29) is 18.8 Å². The molecule has 1 fully saturated rings. The molecule has 11 heteroatoms. The molecular formula is C17H15N5O4S2. The van der Waals surface area contributed by atoms with Gasteiger partial charge in [-0.05, 0) is 25.0 Å². The summed E-state index contributed by atoms with van der Waals surface area (Å²) >= 11 is 2.66. The van der Waals surface area contributed by atoms with Gasteiger partial charge in [0.15, 0.2) is 16.6 Å². The van der Waals surface area contributed by atoms with Crippen molar-refractivity contribution in [1.82, 2.24) is 15.2 Å². The Morgan fingerprint density at radius 2 is 2.11 bits per heavy atom. The molecule has 1 saturated heterocycles. The van der Waals surface area contributed by atoms with Gasteiger partial charge in [-0.25, -0.2) is 4.98 Å². The topological polar surface area (TPSA) is 107 Å². The van der Waals surface area contributed by atoms with E-state index >= 15 is 0 Å². The molecule has 144 valence electrons. The third-order valence-corrected chi connectivity index (χ3v) is 5.92. The van der Waals surface area contributed by atoms with Gasteiger partial charge < -0.3 is 19.5 Å². The zero-order valence-electron chi connectivity index (χ0n) is 14.5. The minimum atomic E-state index is -0.329. The third kappa shape index (κ3) is 3.51. The Balaban J connectivity index is 1.23. The molecule has 1 unspecified atom stereocenters. The fourth-order valence-electron chi connectivity index (χ4n) is 2.88. The van der Waals surface area contributed by atoms with E-state index in [1.807, 2.05) is 18.2 Å². The molecule has 9 nitrogen and oxygen atoms in total. The molecule has 2 aliphatic heterocycles. The Labute approximate surface area is 167 Å². The van der Waals surface area contributed by atoms with Crippen molar-refractivity contribution in [2.45, 2.75) is 18.9 Å². The second-order valence-electron chi connectivity index (χ2n) is 6.13. The number of nitrogens with one attached hydrogen (secondary N) is 2. The van der Waals surface area contributed by atoms with Gasteiger partial charge >= 0.3 is 0 Å². The highest BCUT2D eigenvalue weighted by Crippen LogP contribution is 2.35. The van der Waals surface area contributed by atoms with Gasteiger partial charge in [0, 0.05) is 23.7 Å². The van der Waals surface area contributed by atoms with E-state index < -0.39 is 0 Å².